The summed E-state index contributed by atoms with van der Waals surface area (Å²) in [6, 6.07) is 3.08. The molecule has 2 aliphatic rings. The first-order valence-electron chi connectivity index (χ1n) is 6.22. The number of nitrogens with one attached hydrogen (secondary N) is 1. The van der Waals surface area contributed by atoms with Gasteiger partial charge in [0.15, 0.2) is 0 Å². The molecule has 18 heavy (non-hydrogen) atoms. The summed E-state index contributed by atoms with van der Waals surface area (Å²) in [5.74, 6) is 0.138. The van der Waals surface area contributed by atoms with E-state index in [4.69, 9.17) is 15.2 Å². The number of hydrogen-bond acceptors (Lipinski definition) is 4. The molecule has 0 aromatic heterocycles. The van der Waals surface area contributed by atoms with Crippen molar-refractivity contribution in [3.05, 3.63) is 17.9 Å². The smallest absolute Gasteiger partial charge is 0.148 e. The standard InChI is InChI=1S/C13H17FN2O2/c1-17-13-6-10(8(14)5-9(13)15)16-11-4-7-2-3-12(11)18-7/h5-7,11-12,16H,2-4,15H2,1H3. The van der Waals surface area contributed by atoms with E-state index >= 15 is 0 Å². The van der Waals surface area contributed by atoms with E-state index in [0.717, 1.165) is 19.3 Å². The highest BCUT2D eigenvalue weighted by Gasteiger charge is 2.40. The third-order valence-electron chi connectivity index (χ3n) is 3.77. The maximum Gasteiger partial charge on any atom is 0.148 e. The highest BCUT2D eigenvalue weighted by molar-refractivity contribution is 5.62. The van der Waals surface area contributed by atoms with Crippen LogP contribution in [0.25, 0.3) is 0 Å². The van der Waals surface area contributed by atoms with E-state index in [-0.39, 0.29) is 18.0 Å². The Bertz CT molecular complexity index is 467. The van der Waals surface area contributed by atoms with Crippen LogP contribution in [0.5, 0.6) is 5.75 Å². The topological polar surface area (TPSA) is 56.5 Å². The lowest BCUT2D eigenvalue weighted by atomic mass is 9.95. The van der Waals surface area contributed by atoms with Crippen molar-refractivity contribution in [1.29, 1.82) is 0 Å². The molecule has 2 heterocycles. The second-order valence-corrected chi connectivity index (χ2v) is 4.93. The first kappa shape index (κ1) is 11.6. The summed E-state index contributed by atoms with van der Waals surface area (Å²) in [7, 11) is 1.52. The molecule has 98 valence electrons. The van der Waals surface area contributed by atoms with Gasteiger partial charge in [0, 0.05) is 12.1 Å². The van der Waals surface area contributed by atoms with Gasteiger partial charge in [-0.3, -0.25) is 0 Å². The maximum absolute atomic E-state index is 13.8. The summed E-state index contributed by atoms with van der Waals surface area (Å²) in [5.41, 5.74) is 6.39. The lowest BCUT2D eigenvalue weighted by Crippen LogP contribution is -2.30. The number of anilines is 2. The van der Waals surface area contributed by atoms with Gasteiger partial charge in [-0.25, -0.2) is 4.39 Å². The molecule has 2 saturated heterocycles. The van der Waals surface area contributed by atoms with Crippen LogP contribution in [-0.2, 0) is 4.74 Å². The fourth-order valence-corrected chi connectivity index (χ4v) is 2.85. The Morgan fingerprint density at radius 1 is 1.44 bits per heavy atom. The summed E-state index contributed by atoms with van der Waals surface area (Å²) >= 11 is 0. The predicted octanol–water partition coefficient (Wildman–Crippen LogP) is 2.15. The first-order valence-corrected chi connectivity index (χ1v) is 6.22. The van der Waals surface area contributed by atoms with Crippen molar-refractivity contribution in [2.24, 2.45) is 0 Å². The van der Waals surface area contributed by atoms with E-state index in [1.165, 1.54) is 13.2 Å². The van der Waals surface area contributed by atoms with Crippen LogP contribution in [0.4, 0.5) is 15.8 Å². The Hall–Kier alpha value is -1.49. The van der Waals surface area contributed by atoms with Crippen molar-refractivity contribution < 1.29 is 13.9 Å². The maximum atomic E-state index is 13.8. The van der Waals surface area contributed by atoms with Gasteiger partial charge in [-0.05, 0) is 19.3 Å². The number of methoxy groups -OCH3 is 1. The molecule has 0 saturated carbocycles. The summed E-state index contributed by atoms with van der Waals surface area (Å²) in [5, 5.41) is 3.21. The third kappa shape index (κ3) is 1.88. The predicted molar refractivity (Wildman–Crippen MR) is 67.3 cm³/mol. The monoisotopic (exact) mass is 252 g/mol. The molecule has 0 aliphatic carbocycles. The largest absolute Gasteiger partial charge is 0.495 e. The van der Waals surface area contributed by atoms with Crippen LogP contribution >= 0.6 is 0 Å². The van der Waals surface area contributed by atoms with Crippen LogP contribution in [0.2, 0.25) is 0 Å². The van der Waals surface area contributed by atoms with Gasteiger partial charge >= 0.3 is 0 Å². The molecule has 0 radical (unpaired) electrons. The highest BCUT2D eigenvalue weighted by atomic mass is 19.1. The third-order valence-corrected chi connectivity index (χ3v) is 3.77. The van der Waals surface area contributed by atoms with Gasteiger partial charge in [0.1, 0.15) is 11.6 Å². The molecule has 2 fully saturated rings. The minimum absolute atomic E-state index is 0.187. The molecule has 3 unspecified atom stereocenters. The molecule has 3 rings (SSSR count). The lowest BCUT2D eigenvalue weighted by molar-refractivity contribution is 0.102. The molecular weight excluding hydrogens is 235 g/mol. The average Bonchev–Trinajstić information content (AvgIpc) is 2.94. The number of nitrogens with two attached hydrogens (primary N) is 1. The summed E-state index contributed by atoms with van der Waals surface area (Å²) < 4.78 is 24.7. The van der Waals surface area contributed by atoms with Gasteiger partial charge in [0.25, 0.3) is 0 Å². The van der Waals surface area contributed by atoms with Crippen LogP contribution in [0.15, 0.2) is 12.1 Å². The van der Waals surface area contributed by atoms with E-state index in [1.807, 2.05) is 0 Å². The highest BCUT2D eigenvalue weighted by Crippen LogP contribution is 2.37. The number of halogens is 1. The molecular formula is C13H17FN2O2. The average molecular weight is 252 g/mol. The number of benzene rings is 1. The van der Waals surface area contributed by atoms with Crippen molar-refractivity contribution in [3.63, 3.8) is 0 Å². The van der Waals surface area contributed by atoms with E-state index < -0.39 is 0 Å². The van der Waals surface area contributed by atoms with Crippen LogP contribution in [0, 0.1) is 5.82 Å². The Labute approximate surface area is 105 Å². The molecule has 0 amide bonds. The van der Waals surface area contributed by atoms with Crippen LogP contribution in [0.3, 0.4) is 0 Å². The minimum atomic E-state index is -0.351. The van der Waals surface area contributed by atoms with Gasteiger partial charge in [0.05, 0.1) is 36.7 Å². The van der Waals surface area contributed by atoms with Crippen molar-refractivity contribution in [3.8, 4) is 5.75 Å². The zero-order valence-electron chi connectivity index (χ0n) is 10.3. The molecule has 3 N–H and O–H groups in total. The van der Waals surface area contributed by atoms with Gasteiger partial charge in [0.2, 0.25) is 0 Å². The first-order chi connectivity index (χ1) is 8.67. The molecule has 0 spiro atoms. The Morgan fingerprint density at radius 2 is 2.28 bits per heavy atom. The molecule has 2 aliphatic heterocycles. The lowest BCUT2D eigenvalue weighted by Gasteiger charge is -2.22. The van der Waals surface area contributed by atoms with Gasteiger partial charge in [-0.15, -0.1) is 0 Å². The zero-order chi connectivity index (χ0) is 12.7. The van der Waals surface area contributed by atoms with E-state index in [1.54, 1.807) is 6.07 Å². The number of hydrogen-bond donors (Lipinski definition) is 2. The van der Waals surface area contributed by atoms with Gasteiger partial charge in [-0.2, -0.15) is 0 Å². The Morgan fingerprint density at radius 3 is 2.89 bits per heavy atom. The Kier molecular flexibility index (Phi) is 2.78. The van der Waals surface area contributed by atoms with Gasteiger partial charge in [-0.1, -0.05) is 0 Å². The van der Waals surface area contributed by atoms with Crippen molar-refractivity contribution in [1.82, 2.24) is 0 Å². The van der Waals surface area contributed by atoms with Crippen molar-refractivity contribution in [2.45, 2.75) is 37.5 Å². The fourth-order valence-electron chi connectivity index (χ4n) is 2.85. The molecule has 1 aromatic rings. The Balaban J connectivity index is 1.80. The second-order valence-electron chi connectivity index (χ2n) is 4.93. The fraction of sp³-hybridized carbons (Fsp3) is 0.538. The van der Waals surface area contributed by atoms with E-state index in [9.17, 15) is 4.39 Å². The summed E-state index contributed by atoms with van der Waals surface area (Å²) in [6.45, 7) is 0. The molecule has 1 aromatic carbocycles. The summed E-state index contributed by atoms with van der Waals surface area (Å²) in [4.78, 5) is 0. The molecule has 3 atom stereocenters. The number of rotatable bonds is 3. The van der Waals surface area contributed by atoms with E-state index in [2.05, 4.69) is 5.32 Å². The number of ether oxygens (including phenoxy) is 2. The van der Waals surface area contributed by atoms with Crippen molar-refractivity contribution in [2.75, 3.05) is 18.2 Å². The number of fused-ring (bicyclic) bond motifs is 2. The van der Waals surface area contributed by atoms with Crippen molar-refractivity contribution >= 4 is 11.4 Å². The van der Waals surface area contributed by atoms with Crippen LogP contribution in [-0.4, -0.2) is 25.4 Å². The van der Waals surface area contributed by atoms with Crippen LogP contribution in [0.1, 0.15) is 19.3 Å². The van der Waals surface area contributed by atoms with Gasteiger partial charge < -0.3 is 20.5 Å². The normalized spacial score (nSPS) is 29.6. The van der Waals surface area contributed by atoms with E-state index in [0.29, 0.717) is 23.2 Å². The van der Waals surface area contributed by atoms with Crippen LogP contribution < -0.4 is 15.8 Å². The second kappa shape index (κ2) is 4.31. The SMILES string of the molecule is COc1cc(NC2CC3CCC2O3)c(F)cc1N. The minimum Gasteiger partial charge on any atom is -0.495 e. The molecule has 4 nitrogen and oxygen atoms in total. The molecule has 5 heteroatoms. The molecule has 2 bridgehead atoms. The number of nitrogen functional groups attached to an aromatic ring is 1. The quantitative estimate of drug-likeness (QED) is 0.809. The summed E-state index contributed by atoms with van der Waals surface area (Å²) in [6.07, 6.45) is 3.66. The zero-order valence-corrected chi connectivity index (χ0v) is 10.3.